The summed E-state index contributed by atoms with van der Waals surface area (Å²) < 4.78 is 0. The van der Waals surface area contributed by atoms with E-state index in [1.807, 2.05) is 20.8 Å². The Morgan fingerprint density at radius 1 is 1.30 bits per heavy atom. The number of rotatable bonds is 3. The standard InChI is InChI=1S/C8H18O2/c1-5-7(10)8(3,4)6(2)9/h6-7,9-10H,5H2,1-4H3/t6-,7-/m1/s1. The molecule has 0 aromatic heterocycles. The molecule has 2 atom stereocenters. The van der Waals surface area contributed by atoms with E-state index in [0.717, 1.165) is 0 Å². The fourth-order valence-corrected chi connectivity index (χ4v) is 0.805. The monoisotopic (exact) mass is 146 g/mol. The largest absolute Gasteiger partial charge is 0.393 e. The molecule has 0 unspecified atom stereocenters. The van der Waals surface area contributed by atoms with Gasteiger partial charge in [0.15, 0.2) is 0 Å². The molecular weight excluding hydrogens is 128 g/mol. The highest BCUT2D eigenvalue weighted by Gasteiger charge is 2.31. The third-order valence-electron chi connectivity index (χ3n) is 2.32. The number of hydrogen-bond acceptors (Lipinski definition) is 2. The fourth-order valence-electron chi connectivity index (χ4n) is 0.805. The van der Waals surface area contributed by atoms with Crippen molar-refractivity contribution >= 4 is 0 Å². The van der Waals surface area contributed by atoms with Crippen LogP contribution in [0.5, 0.6) is 0 Å². The zero-order valence-corrected chi connectivity index (χ0v) is 7.26. The van der Waals surface area contributed by atoms with E-state index in [1.54, 1.807) is 6.92 Å². The van der Waals surface area contributed by atoms with Gasteiger partial charge in [-0.3, -0.25) is 0 Å². The molecule has 0 rings (SSSR count). The van der Waals surface area contributed by atoms with Gasteiger partial charge in [-0.2, -0.15) is 0 Å². The van der Waals surface area contributed by atoms with Crippen molar-refractivity contribution in [3.8, 4) is 0 Å². The normalized spacial score (nSPS) is 18.6. The van der Waals surface area contributed by atoms with Crippen LogP contribution >= 0.6 is 0 Å². The molecule has 0 saturated heterocycles. The summed E-state index contributed by atoms with van der Waals surface area (Å²) in [5.74, 6) is 0. The van der Waals surface area contributed by atoms with Gasteiger partial charge >= 0.3 is 0 Å². The first-order valence-electron chi connectivity index (χ1n) is 3.79. The summed E-state index contributed by atoms with van der Waals surface area (Å²) in [4.78, 5) is 0. The van der Waals surface area contributed by atoms with Crippen LogP contribution in [0.25, 0.3) is 0 Å². The molecule has 0 aromatic rings. The Morgan fingerprint density at radius 3 is 1.80 bits per heavy atom. The molecule has 0 aliphatic carbocycles. The Balaban J connectivity index is 4.09. The van der Waals surface area contributed by atoms with E-state index in [-0.39, 0.29) is 5.41 Å². The van der Waals surface area contributed by atoms with Crippen molar-refractivity contribution in [1.29, 1.82) is 0 Å². The molecule has 0 saturated carbocycles. The Bertz CT molecular complexity index is 97.4. The van der Waals surface area contributed by atoms with E-state index in [2.05, 4.69) is 0 Å². The molecule has 2 N–H and O–H groups in total. The SMILES string of the molecule is CC[C@@H](O)C(C)(C)[C@@H](C)O. The summed E-state index contributed by atoms with van der Waals surface area (Å²) in [7, 11) is 0. The highest BCUT2D eigenvalue weighted by atomic mass is 16.3. The van der Waals surface area contributed by atoms with Crippen LogP contribution in [0.15, 0.2) is 0 Å². The van der Waals surface area contributed by atoms with Crippen molar-refractivity contribution in [1.82, 2.24) is 0 Å². The Labute approximate surface area is 62.9 Å². The third-order valence-corrected chi connectivity index (χ3v) is 2.32. The van der Waals surface area contributed by atoms with Crippen LogP contribution in [0.2, 0.25) is 0 Å². The Hall–Kier alpha value is -0.0800. The van der Waals surface area contributed by atoms with Crippen molar-refractivity contribution in [2.75, 3.05) is 0 Å². The predicted molar refractivity (Wildman–Crippen MR) is 41.8 cm³/mol. The maximum Gasteiger partial charge on any atom is 0.0613 e. The summed E-state index contributed by atoms with van der Waals surface area (Å²) in [6.45, 7) is 7.35. The zero-order chi connectivity index (χ0) is 8.36. The van der Waals surface area contributed by atoms with Gasteiger partial charge in [0.25, 0.3) is 0 Å². The van der Waals surface area contributed by atoms with Gasteiger partial charge in [-0.1, -0.05) is 20.8 Å². The minimum absolute atomic E-state index is 0.380. The van der Waals surface area contributed by atoms with E-state index in [1.165, 1.54) is 0 Å². The Morgan fingerprint density at radius 2 is 1.70 bits per heavy atom. The van der Waals surface area contributed by atoms with Crippen LogP contribution in [0.4, 0.5) is 0 Å². The van der Waals surface area contributed by atoms with Crippen LogP contribution in [-0.4, -0.2) is 22.4 Å². The number of hydrogen-bond donors (Lipinski definition) is 2. The summed E-state index contributed by atoms with van der Waals surface area (Å²) in [6.07, 6.45) is -0.173. The van der Waals surface area contributed by atoms with Gasteiger partial charge in [-0.15, -0.1) is 0 Å². The van der Waals surface area contributed by atoms with E-state index in [9.17, 15) is 10.2 Å². The van der Waals surface area contributed by atoms with Gasteiger partial charge in [-0.25, -0.2) is 0 Å². The predicted octanol–water partition coefficient (Wildman–Crippen LogP) is 1.16. The lowest BCUT2D eigenvalue weighted by Crippen LogP contribution is -2.38. The molecule has 0 amide bonds. The lowest BCUT2D eigenvalue weighted by Gasteiger charge is -2.32. The summed E-state index contributed by atoms with van der Waals surface area (Å²) >= 11 is 0. The maximum atomic E-state index is 9.40. The van der Waals surface area contributed by atoms with E-state index < -0.39 is 12.2 Å². The van der Waals surface area contributed by atoms with Crippen LogP contribution < -0.4 is 0 Å². The minimum atomic E-state index is -0.456. The fraction of sp³-hybridized carbons (Fsp3) is 1.00. The minimum Gasteiger partial charge on any atom is -0.393 e. The molecule has 0 bridgehead atoms. The molecule has 0 aromatic carbocycles. The molecule has 0 fully saturated rings. The van der Waals surface area contributed by atoms with Gasteiger partial charge in [0.2, 0.25) is 0 Å². The van der Waals surface area contributed by atoms with Crippen LogP contribution in [-0.2, 0) is 0 Å². The van der Waals surface area contributed by atoms with Crippen molar-refractivity contribution < 1.29 is 10.2 Å². The third kappa shape index (κ3) is 1.96. The lowest BCUT2D eigenvalue weighted by molar-refractivity contribution is -0.0397. The average molecular weight is 146 g/mol. The van der Waals surface area contributed by atoms with Crippen LogP contribution in [0.1, 0.15) is 34.1 Å². The molecule has 0 radical (unpaired) electrons. The molecule has 0 spiro atoms. The second kappa shape index (κ2) is 3.35. The van der Waals surface area contributed by atoms with E-state index in [0.29, 0.717) is 6.42 Å². The zero-order valence-electron chi connectivity index (χ0n) is 7.26. The maximum absolute atomic E-state index is 9.40. The molecular formula is C8H18O2. The number of aliphatic hydroxyl groups is 2. The molecule has 2 nitrogen and oxygen atoms in total. The average Bonchev–Trinajstić information content (AvgIpc) is 1.86. The first-order valence-corrected chi connectivity index (χ1v) is 3.79. The lowest BCUT2D eigenvalue weighted by atomic mass is 9.80. The molecule has 0 aliphatic heterocycles. The highest BCUT2D eigenvalue weighted by molar-refractivity contribution is 4.81. The van der Waals surface area contributed by atoms with Gasteiger partial charge in [0, 0.05) is 5.41 Å². The van der Waals surface area contributed by atoms with Crippen LogP contribution in [0.3, 0.4) is 0 Å². The van der Waals surface area contributed by atoms with Gasteiger partial charge in [-0.05, 0) is 13.3 Å². The highest BCUT2D eigenvalue weighted by Crippen LogP contribution is 2.26. The molecule has 0 heterocycles. The summed E-state index contributed by atoms with van der Waals surface area (Å²) in [5.41, 5.74) is -0.380. The molecule has 2 heteroatoms. The van der Waals surface area contributed by atoms with Crippen molar-refractivity contribution in [3.63, 3.8) is 0 Å². The van der Waals surface area contributed by atoms with Gasteiger partial charge < -0.3 is 10.2 Å². The first kappa shape index (κ1) is 9.92. The Kier molecular flexibility index (Phi) is 3.33. The molecule has 0 aliphatic rings. The quantitative estimate of drug-likeness (QED) is 0.627. The van der Waals surface area contributed by atoms with Crippen molar-refractivity contribution in [2.24, 2.45) is 5.41 Å². The molecule has 10 heavy (non-hydrogen) atoms. The van der Waals surface area contributed by atoms with Gasteiger partial charge in [0.05, 0.1) is 12.2 Å². The molecule has 62 valence electrons. The number of aliphatic hydroxyl groups excluding tert-OH is 2. The van der Waals surface area contributed by atoms with E-state index in [4.69, 9.17) is 0 Å². The van der Waals surface area contributed by atoms with Crippen molar-refractivity contribution in [2.45, 2.75) is 46.3 Å². The van der Waals surface area contributed by atoms with Crippen LogP contribution in [0, 0.1) is 5.41 Å². The summed E-state index contributed by atoms with van der Waals surface area (Å²) in [6, 6.07) is 0. The van der Waals surface area contributed by atoms with E-state index >= 15 is 0 Å². The van der Waals surface area contributed by atoms with Crippen molar-refractivity contribution in [3.05, 3.63) is 0 Å². The van der Waals surface area contributed by atoms with Gasteiger partial charge in [0.1, 0.15) is 0 Å². The first-order chi connectivity index (χ1) is 4.42. The summed E-state index contributed by atoms with van der Waals surface area (Å²) in [5, 5.41) is 18.6. The second-order valence-electron chi connectivity index (χ2n) is 3.42. The smallest absolute Gasteiger partial charge is 0.0613 e. The second-order valence-corrected chi connectivity index (χ2v) is 3.42. The topological polar surface area (TPSA) is 40.5 Å².